The van der Waals surface area contributed by atoms with E-state index in [1.54, 1.807) is 0 Å². The molecule has 2 radical (unpaired) electrons. The van der Waals surface area contributed by atoms with Crippen LogP contribution < -0.4 is 0 Å². The molecule has 0 atom stereocenters. The van der Waals surface area contributed by atoms with E-state index in [9.17, 15) is 0 Å². The molecule has 1 aliphatic carbocycles. The van der Waals surface area contributed by atoms with Gasteiger partial charge in [-0.2, -0.15) is 18.2 Å². The summed E-state index contributed by atoms with van der Waals surface area (Å²) in [5.41, 5.74) is 2.74. The van der Waals surface area contributed by atoms with Crippen molar-refractivity contribution in [2.45, 2.75) is 20.3 Å². The molecule has 0 bridgehead atoms. The zero-order valence-electron chi connectivity index (χ0n) is 13.6. The first-order valence-electron chi connectivity index (χ1n) is 5.87. The van der Waals surface area contributed by atoms with Crippen molar-refractivity contribution in [2.24, 2.45) is 0 Å². The Balaban J connectivity index is -0.000000129. The number of fused-ring (bicyclic) bond motifs is 1. The fourth-order valence-corrected chi connectivity index (χ4v) is 1.88. The molecule has 3 rings (SSSR count). The molecule has 0 fully saturated rings. The molecule has 0 aliphatic heterocycles. The fraction of sp³-hybridized carbons (Fsp3) is 0.167. The number of allylic oxidation sites excluding steroid dienone is 4. The van der Waals surface area contributed by atoms with Crippen molar-refractivity contribution in [3.8, 4) is 0 Å². The summed E-state index contributed by atoms with van der Waals surface area (Å²) in [4.78, 5) is 0. The molecule has 0 saturated carbocycles. The monoisotopic (exact) mass is 428 g/mol. The summed E-state index contributed by atoms with van der Waals surface area (Å²) >= 11 is 1.36. The fourth-order valence-electron chi connectivity index (χ4n) is 1.88. The normalized spacial score (nSPS) is 9.50. The van der Waals surface area contributed by atoms with Crippen molar-refractivity contribution >= 4 is 42.5 Å². The third-order valence-electron chi connectivity index (χ3n) is 2.83. The topological polar surface area (TPSA) is 0 Å². The molecule has 22 heavy (non-hydrogen) atoms. The van der Waals surface area contributed by atoms with Crippen LogP contribution in [0.4, 0.5) is 0 Å². The van der Waals surface area contributed by atoms with Gasteiger partial charge in [-0.05, 0) is 6.92 Å². The second kappa shape index (κ2) is 17.3. The number of hydrogen-bond donors (Lipinski definition) is 0. The first-order valence-corrected chi connectivity index (χ1v) is 10.1. The van der Waals surface area contributed by atoms with Gasteiger partial charge in [0.05, 0.1) is 0 Å². The van der Waals surface area contributed by atoms with Crippen LogP contribution in [0.2, 0.25) is 0 Å². The Morgan fingerprint density at radius 1 is 1.05 bits per heavy atom. The van der Waals surface area contributed by atoms with Crippen molar-refractivity contribution in [2.75, 3.05) is 0 Å². The molecule has 0 aromatic heterocycles. The first kappa shape index (κ1) is 29.9. The van der Waals surface area contributed by atoms with Crippen LogP contribution in [0.3, 0.4) is 0 Å². The predicted octanol–water partition coefficient (Wildman–Crippen LogP) is 5.84. The molecule has 2 aromatic rings. The van der Waals surface area contributed by atoms with Crippen LogP contribution in [-0.4, -0.2) is 6.88 Å². The Kier molecular flexibility index (Phi) is 23.6. The van der Waals surface area contributed by atoms with Gasteiger partial charge in [-0.3, -0.25) is 6.08 Å². The third-order valence-corrected chi connectivity index (χ3v) is 2.83. The average Bonchev–Trinajstić information content (AvgIpc) is 3.09. The summed E-state index contributed by atoms with van der Waals surface area (Å²) in [7, 11) is 0. The Morgan fingerprint density at radius 2 is 1.64 bits per heavy atom. The molecule has 4 heteroatoms. The van der Waals surface area contributed by atoms with Crippen LogP contribution in [0, 0.1) is 34.8 Å². The van der Waals surface area contributed by atoms with E-state index in [4.69, 9.17) is 0 Å². The number of halogens is 2. The summed E-state index contributed by atoms with van der Waals surface area (Å²) in [5.74, 6) is 0. The second-order valence-corrected chi connectivity index (χ2v) is 4.06. The molecule has 1 aliphatic rings. The molecular formula is C18H24Cl2SiZr-4. The van der Waals surface area contributed by atoms with Gasteiger partial charge in [-0.1, -0.05) is 18.6 Å². The molecule has 0 spiro atoms. The van der Waals surface area contributed by atoms with Gasteiger partial charge in [0, 0.05) is 0 Å². The van der Waals surface area contributed by atoms with Crippen LogP contribution in [0.15, 0.2) is 48.6 Å². The van der Waals surface area contributed by atoms with Crippen molar-refractivity contribution in [3.63, 3.8) is 0 Å². The maximum absolute atomic E-state index is 3.06. The minimum absolute atomic E-state index is 0. The molecule has 0 N–H and O–H groups in total. The Bertz CT molecular complexity index is 513. The third kappa shape index (κ3) is 9.20. The SMILES string of the molecule is Cc1ccc(C)c2[cH-]ccc12.Cl.Cl.[C-]1=CC=CC1.[CH3-].[CH3-].[Si]=[Zr]. The molecule has 2 aromatic carbocycles. The number of hydrogen-bond acceptors (Lipinski definition) is 0. The van der Waals surface area contributed by atoms with Gasteiger partial charge in [0.1, 0.15) is 0 Å². The van der Waals surface area contributed by atoms with Gasteiger partial charge < -0.3 is 14.9 Å². The number of aryl methyl sites for hydroxylation is 2. The molecule has 0 heterocycles. The van der Waals surface area contributed by atoms with Gasteiger partial charge in [-0.25, -0.2) is 12.2 Å². The van der Waals surface area contributed by atoms with E-state index in [1.807, 2.05) is 12.2 Å². The van der Waals surface area contributed by atoms with Crippen LogP contribution in [0.25, 0.3) is 10.8 Å². The molecule has 0 nitrogen and oxygen atoms in total. The Hall–Kier alpha value is -0.0100. The summed E-state index contributed by atoms with van der Waals surface area (Å²) < 4.78 is 0. The van der Waals surface area contributed by atoms with Crippen LogP contribution in [0.5, 0.6) is 0 Å². The molecule has 0 amide bonds. The van der Waals surface area contributed by atoms with Crippen molar-refractivity contribution in [3.05, 3.63) is 80.6 Å². The van der Waals surface area contributed by atoms with Crippen molar-refractivity contribution in [1.29, 1.82) is 0 Å². The molecule has 0 unspecified atom stereocenters. The Labute approximate surface area is 165 Å². The van der Waals surface area contributed by atoms with E-state index >= 15 is 0 Å². The summed E-state index contributed by atoms with van der Waals surface area (Å²) in [6.45, 7) is 7.37. The number of rotatable bonds is 0. The van der Waals surface area contributed by atoms with Crippen molar-refractivity contribution < 1.29 is 23.3 Å². The summed E-state index contributed by atoms with van der Waals surface area (Å²) in [6.07, 6.45) is 10.0. The van der Waals surface area contributed by atoms with Gasteiger partial charge in [0.15, 0.2) is 0 Å². The minimum atomic E-state index is 0. The van der Waals surface area contributed by atoms with E-state index in [-0.39, 0.29) is 39.7 Å². The summed E-state index contributed by atoms with van der Waals surface area (Å²) in [6, 6.07) is 10.8. The molecule has 122 valence electrons. The van der Waals surface area contributed by atoms with E-state index in [0.717, 1.165) is 6.42 Å². The van der Waals surface area contributed by atoms with Crippen LogP contribution in [-0.2, 0) is 23.3 Å². The Morgan fingerprint density at radius 3 is 2.05 bits per heavy atom. The zero-order chi connectivity index (χ0) is 13.4. The average molecular weight is 431 g/mol. The standard InChI is InChI=1S/C11H11.C5H5.2CH3.2ClH.Si.Zr/c1-8-6-7-9(2)11-5-3-4-10(8)11;1-2-4-5-3-1;;;;;;/h3-7H,1-2H3;1-3H,4H2;2*1H3;2*1H;;/q4*-1;;;;. The van der Waals surface area contributed by atoms with E-state index in [0.29, 0.717) is 0 Å². The second-order valence-electron chi connectivity index (χ2n) is 4.06. The van der Waals surface area contributed by atoms with Gasteiger partial charge in [0.25, 0.3) is 0 Å². The van der Waals surface area contributed by atoms with Gasteiger partial charge in [0.2, 0.25) is 0 Å². The maximum atomic E-state index is 3.06. The van der Waals surface area contributed by atoms with E-state index in [2.05, 4.69) is 63.2 Å². The van der Waals surface area contributed by atoms with Crippen LogP contribution >= 0.6 is 24.8 Å². The van der Waals surface area contributed by atoms with Gasteiger partial charge in [-0.15, -0.1) is 59.7 Å². The first-order chi connectivity index (χ1) is 8.79. The van der Waals surface area contributed by atoms with Gasteiger partial charge >= 0.3 is 30.2 Å². The zero-order valence-corrected chi connectivity index (χ0v) is 18.7. The molecular weight excluding hydrogens is 406 g/mol. The van der Waals surface area contributed by atoms with Crippen LogP contribution in [0.1, 0.15) is 17.5 Å². The van der Waals surface area contributed by atoms with Crippen molar-refractivity contribution in [1.82, 2.24) is 0 Å². The quantitative estimate of drug-likeness (QED) is 0.364. The number of benzene rings is 1. The molecule has 0 saturated heterocycles. The predicted molar refractivity (Wildman–Crippen MR) is 104 cm³/mol. The van der Waals surface area contributed by atoms with E-state index in [1.165, 1.54) is 45.2 Å². The van der Waals surface area contributed by atoms with E-state index < -0.39 is 0 Å². The summed E-state index contributed by atoms with van der Waals surface area (Å²) in [5, 5.41) is 2.79.